The summed E-state index contributed by atoms with van der Waals surface area (Å²) in [5, 5.41) is 11.9. The normalized spacial score (nSPS) is 19.8. The molecule has 1 amide bonds. The summed E-state index contributed by atoms with van der Waals surface area (Å²) in [4.78, 5) is 12.7. The van der Waals surface area contributed by atoms with Crippen molar-refractivity contribution in [1.82, 2.24) is 20.1 Å². The lowest BCUT2D eigenvalue weighted by Crippen LogP contribution is -2.44. The number of carbonyl (C=O) groups excluding carboxylic acids is 1. The van der Waals surface area contributed by atoms with Crippen molar-refractivity contribution in [1.29, 1.82) is 0 Å². The van der Waals surface area contributed by atoms with Gasteiger partial charge < -0.3 is 10.1 Å². The average Bonchev–Trinajstić information content (AvgIpc) is 3.10. The number of thioether (sulfide) groups is 1. The Bertz CT molecular complexity index is 873. The molecule has 1 aliphatic rings. The Labute approximate surface area is 181 Å². The van der Waals surface area contributed by atoms with Crippen molar-refractivity contribution in [2.45, 2.75) is 69.1 Å². The number of amides is 1. The predicted octanol–water partition coefficient (Wildman–Crippen LogP) is 4.36. The molecule has 162 valence electrons. The molecule has 3 atom stereocenters. The fraction of sp³-hybridized carbons (Fsp3) is 0.500. The zero-order valence-electron chi connectivity index (χ0n) is 17.5. The van der Waals surface area contributed by atoms with Gasteiger partial charge in [0, 0.05) is 12.6 Å². The molecule has 3 rings (SSSR count). The molecule has 8 heteroatoms. The van der Waals surface area contributed by atoms with Gasteiger partial charge in [0.05, 0.1) is 5.25 Å². The van der Waals surface area contributed by atoms with Gasteiger partial charge >= 0.3 is 0 Å². The first-order valence-electron chi connectivity index (χ1n) is 10.4. The first kappa shape index (κ1) is 22.3. The standard InChI is InChI=1S/C22H29FN4O2S/c1-4-13-27-20(14-29-19-12-8-6-10-17(19)23)25-26-22(27)30-16(3)21(28)24-18-11-7-5-9-15(18)2/h4,6,8,10,12,15-16,18H,1,5,7,9,11,13-14H2,2-3H3,(H,24,28). The van der Waals surface area contributed by atoms with Crippen molar-refractivity contribution in [2.75, 3.05) is 0 Å². The summed E-state index contributed by atoms with van der Waals surface area (Å²) in [5.74, 6) is 0.801. The SMILES string of the molecule is C=CCn1c(COc2ccccc2F)nnc1SC(C)C(=O)NC1CCCCC1C. The summed E-state index contributed by atoms with van der Waals surface area (Å²) < 4.78 is 21.2. The van der Waals surface area contributed by atoms with E-state index >= 15 is 0 Å². The summed E-state index contributed by atoms with van der Waals surface area (Å²) >= 11 is 1.35. The molecule has 3 unspecified atom stereocenters. The van der Waals surface area contributed by atoms with Crippen LogP contribution < -0.4 is 10.1 Å². The third-order valence-electron chi connectivity index (χ3n) is 5.39. The smallest absolute Gasteiger partial charge is 0.233 e. The molecule has 0 radical (unpaired) electrons. The number of carbonyl (C=O) groups is 1. The van der Waals surface area contributed by atoms with Crippen LogP contribution in [0.25, 0.3) is 0 Å². The highest BCUT2D eigenvalue weighted by Gasteiger charge is 2.26. The number of rotatable bonds is 9. The lowest BCUT2D eigenvalue weighted by molar-refractivity contribution is -0.121. The van der Waals surface area contributed by atoms with Gasteiger partial charge in [-0.05, 0) is 37.8 Å². The van der Waals surface area contributed by atoms with Gasteiger partial charge in [0.25, 0.3) is 0 Å². The van der Waals surface area contributed by atoms with Crippen LogP contribution in [0.5, 0.6) is 5.75 Å². The number of para-hydroxylation sites is 1. The van der Waals surface area contributed by atoms with Crippen LogP contribution in [0.15, 0.2) is 42.1 Å². The van der Waals surface area contributed by atoms with E-state index in [4.69, 9.17) is 4.74 Å². The van der Waals surface area contributed by atoms with Gasteiger partial charge in [-0.1, -0.05) is 49.7 Å². The second kappa shape index (κ2) is 10.6. The Kier molecular flexibility index (Phi) is 7.90. The Morgan fingerprint density at radius 1 is 1.40 bits per heavy atom. The third-order valence-corrected chi connectivity index (χ3v) is 6.47. The molecule has 1 aromatic carbocycles. The van der Waals surface area contributed by atoms with E-state index in [-0.39, 0.29) is 29.6 Å². The van der Waals surface area contributed by atoms with Crippen LogP contribution in [0, 0.1) is 11.7 Å². The third kappa shape index (κ3) is 5.62. The van der Waals surface area contributed by atoms with Crippen molar-refractivity contribution in [3.8, 4) is 5.75 Å². The van der Waals surface area contributed by atoms with Crippen molar-refractivity contribution >= 4 is 17.7 Å². The summed E-state index contributed by atoms with van der Waals surface area (Å²) in [6, 6.07) is 6.47. The van der Waals surface area contributed by atoms with Crippen LogP contribution in [0.1, 0.15) is 45.4 Å². The zero-order valence-corrected chi connectivity index (χ0v) is 18.3. The topological polar surface area (TPSA) is 69.0 Å². The molecule has 0 spiro atoms. The second-order valence-corrected chi connectivity index (χ2v) is 8.96. The molecule has 0 aliphatic heterocycles. The molecule has 2 aromatic rings. The molecule has 0 saturated heterocycles. The van der Waals surface area contributed by atoms with Crippen molar-refractivity contribution in [3.63, 3.8) is 0 Å². The summed E-state index contributed by atoms with van der Waals surface area (Å²) in [5.41, 5.74) is 0. The fourth-order valence-electron chi connectivity index (χ4n) is 3.57. The van der Waals surface area contributed by atoms with Crippen LogP contribution in [-0.2, 0) is 17.9 Å². The van der Waals surface area contributed by atoms with E-state index in [9.17, 15) is 9.18 Å². The molecule has 1 saturated carbocycles. The van der Waals surface area contributed by atoms with E-state index in [2.05, 4.69) is 29.0 Å². The summed E-state index contributed by atoms with van der Waals surface area (Å²) in [6.07, 6.45) is 6.32. The minimum absolute atomic E-state index is 0.0102. The Balaban J connectivity index is 1.64. The molecule has 1 N–H and O–H groups in total. The van der Waals surface area contributed by atoms with Gasteiger partial charge in [-0.25, -0.2) is 4.39 Å². The van der Waals surface area contributed by atoms with Crippen molar-refractivity contribution in [3.05, 3.63) is 48.6 Å². The summed E-state index contributed by atoms with van der Waals surface area (Å²) in [6.45, 7) is 8.40. The number of hydrogen-bond acceptors (Lipinski definition) is 5. The number of hydrogen-bond donors (Lipinski definition) is 1. The lowest BCUT2D eigenvalue weighted by atomic mass is 9.86. The van der Waals surface area contributed by atoms with Gasteiger partial charge in [-0.3, -0.25) is 9.36 Å². The molecular formula is C22H29FN4O2S. The van der Waals surface area contributed by atoms with Crippen molar-refractivity contribution in [2.24, 2.45) is 5.92 Å². The van der Waals surface area contributed by atoms with Gasteiger partial charge in [0.1, 0.15) is 6.61 Å². The van der Waals surface area contributed by atoms with E-state index in [0.717, 1.165) is 19.3 Å². The van der Waals surface area contributed by atoms with Crippen molar-refractivity contribution < 1.29 is 13.9 Å². The Morgan fingerprint density at radius 3 is 2.90 bits per heavy atom. The van der Waals surface area contributed by atoms with E-state index in [1.54, 1.807) is 24.3 Å². The van der Waals surface area contributed by atoms with E-state index < -0.39 is 5.82 Å². The maximum atomic E-state index is 13.8. The number of aromatic nitrogens is 3. The van der Waals surface area contributed by atoms with Gasteiger partial charge in [0.2, 0.25) is 5.91 Å². The zero-order chi connectivity index (χ0) is 21.5. The highest BCUT2D eigenvalue weighted by molar-refractivity contribution is 8.00. The quantitative estimate of drug-likeness (QED) is 0.471. The number of benzene rings is 1. The highest BCUT2D eigenvalue weighted by Crippen LogP contribution is 2.27. The number of halogens is 1. The van der Waals surface area contributed by atoms with Crippen LogP contribution in [0.4, 0.5) is 4.39 Å². The minimum atomic E-state index is -0.427. The largest absolute Gasteiger partial charge is 0.483 e. The number of allylic oxidation sites excluding steroid dienone is 1. The van der Waals surface area contributed by atoms with Gasteiger partial charge in [-0.15, -0.1) is 16.8 Å². The monoisotopic (exact) mass is 432 g/mol. The molecule has 1 aromatic heterocycles. The number of nitrogens with zero attached hydrogens (tertiary/aromatic N) is 3. The van der Waals surface area contributed by atoms with Crippen LogP contribution in [-0.4, -0.2) is 32.0 Å². The highest BCUT2D eigenvalue weighted by atomic mass is 32.2. The molecule has 1 aliphatic carbocycles. The predicted molar refractivity (Wildman–Crippen MR) is 116 cm³/mol. The first-order valence-corrected chi connectivity index (χ1v) is 11.2. The van der Waals surface area contributed by atoms with Crippen LogP contribution in [0.3, 0.4) is 0 Å². The van der Waals surface area contributed by atoms with Crippen LogP contribution >= 0.6 is 11.8 Å². The lowest BCUT2D eigenvalue weighted by Gasteiger charge is -2.30. The van der Waals surface area contributed by atoms with E-state index in [0.29, 0.717) is 23.4 Å². The molecule has 30 heavy (non-hydrogen) atoms. The molecular weight excluding hydrogens is 403 g/mol. The average molecular weight is 433 g/mol. The summed E-state index contributed by atoms with van der Waals surface area (Å²) in [7, 11) is 0. The molecule has 6 nitrogen and oxygen atoms in total. The first-order chi connectivity index (χ1) is 14.5. The minimum Gasteiger partial charge on any atom is -0.483 e. The fourth-order valence-corrected chi connectivity index (χ4v) is 4.46. The Morgan fingerprint density at radius 2 is 2.17 bits per heavy atom. The second-order valence-electron chi connectivity index (χ2n) is 7.65. The number of nitrogens with one attached hydrogen (secondary N) is 1. The Hall–Kier alpha value is -2.35. The van der Waals surface area contributed by atoms with Crippen LogP contribution in [0.2, 0.25) is 0 Å². The van der Waals surface area contributed by atoms with E-state index in [1.165, 1.54) is 24.2 Å². The maximum absolute atomic E-state index is 13.8. The van der Waals surface area contributed by atoms with Gasteiger partial charge in [0.15, 0.2) is 22.5 Å². The molecule has 1 fully saturated rings. The van der Waals surface area contributed by atoms with E-state index in [1.807, 2.05) is 11.5 Å². The molecule has 1 heterocycles. The molecule has 0 bridgehead atoms. The maximum Gasteiger partial charge on any atom is 0.233 e. The van der Waals surface area contributed by atoms with Gasteiger partial charge in [-0.2, -0.15) is 0 Å². The number of ether oxygens (including phenoxy) is 1.